The minimum atomic E-state index is 0.104. The number of nitrogens with zero attached hydrogens (tertiary/aromatic N) is 6. The maximum Gasteiger partial charge on any atom is 0.239 e. The Kier molecular flexibility index (Phi) is 5.61. The van der Waals surface area contributed by atoms with E-state index in [1.807, 2.05) is 4.57 Å². The highest BCUT2D eigenvalue weighted by Gasteiger charge is 2.30. The molecule has 1 aromatic heterocycles. The van der Waals surface area contributed by atoms with Gasteiger partial charge in [0.25, 0.3) is 0 Å². The molecule has 2 aliphatic heterocycles. The molecule has 0 bridgehead atoms. The number of hydrogen-bond acceptors (Lipinski definition) is 5. The first-order valence-electron chi connectivity index (χ1n) is 8.78. The van der Waals surface area contributed by atoms with Crippen molar-refractivity contribution >= 4 is 5.91 Å². The predicted molar refractivity (Wildman–Crippen MR) is 87.9 cm³/mol. The van der Waals surface area contributed by atoms with Crippen LogP contribution in [0.15, 0.2) is 12.7 Å². The van der Waals surface area contributed by atoms with Crippen LogP contribution in [-0.2, 0) is 11.3 Å². The number of hydrogen-bond donors (Lipinski definition) is 0. The summed E-state index contributed by atoms with van der Waals surface area (Å²) in [5.41, 5.74) is 0. The first kappa shape index (κ1) is 16.4. The van der Waals surface area contributed by atoms with Crippen LogP contribution < -0.4 is 0 Å². The molecule has 2 fully saturated rings. The summed E-state index contributed by atoms with van der Waals surface area (Å²) in [5, 5.41) is 7.67. The zero-order chi connectivity index (χ0) is 16.1. The van der Waals surface area contributed by atoms with Gasteiger partial charge >= 0.3 is 0 Å². The van der Waals surface area contributed by atoms with Gasteiger partial charge in [0.1, 0.15) is 12.7 Å². The van der Waals surface area contributed by atoms with E-state index in [1.165, 1.54) is 12.8 Å². The van der Waals surface area contributed by atoms with Gasteiger partial charge in [-0.2, -0.15) is 0 Å². The molecule has 7 nitrogen and oxygen atoms in total. The third-order valence-electron chi connectivity index (χ3n) is 5.10. The van der Waals surface area contributed by atoms with Crippen LogP contribution in [-0.4, -0.2) is 87.7 Å². The molecular weight excluding hydrogens is 292 g/mol. The molecule has 2 aliphatic rings. The van der Waals surface area contributed by atoms with E-state index < -0.39 is 0 Å². The minimum Gasteiger partial charge on any atom is -0.340 e. The van der Waals surface area contributed by atoms with Crippen molar-refractivity contribution in [3.8, 4) is 0 Å². The summed E-state index contributed by atoms with van der Waals surface area (Å²) in [4.78, 5) is 19.6. The van der Waals surface area contributed by atoms with Crippen molar-refractivity contribution in [3.63, 3.8) is 0 Å². The van der Waals surface area contributed by atoms with Crippen molar-refractivity contribution in [2.24, 2.45) is 0 Å². The van der Waals surface area contributed by atoms with Crippen LogP contribution in [0.2, 0.25) is 0 Å². The van der Waals surface area contributed by atoms with E-state index in [9.17, 15) is 4.79 Å². The molecule has 0 N–H and O–H groups in total. The Morgan fingerprint density at radius 2 is 1.83 bits per heavy atom. The van der Waals surface area contributed by atoms with E-state index in [4.69, 9.17) is 0 Å². The maximum atomic E-state index is 12.8. The number of aromatic nitrogens is 3. The van der Waals surface area contributed by atoms with Gasteiger partial charge in [-0.3, -0.25) is 14.6 Å². The lowest BCUT2D eigenvalue weighted by atomic mass is 10.0. The second-order valence-electron chi connectivity index (χ2n) is 6.71. The summed E-state index contributed by atoms with van der Waals surface area (Å²) >= 11 is 0. The summed E-state index contributed by atoms with van der Waals surface area (Å²) in [7, 11) is 2.09. The number of rotatable bonds is 4. The largest absolute Gasteiger partial charge is 0.340 e. The van der Waals surface area contributed by atoms with Crippen LogP contribution in [0.4, 0.5) is 0 Å². The van der Waals surface area contributed by atoms with Gasteiger partial charge in [-0.05, 0) is 39.4 Å². The van der Waals surface area contributed by atoms with Gasteiger partial charge in [0.15, 0.2) is 0 Å². The highest BCUT2D eigenvalue weighted by molar-refractivity contribution is 5.82. The van der Waals surface area contributed by atoms with E-state index in [0.717, 1.165) is 58.7 Å². The van der Waals surface area contributed by atoms with Crippen molar-refractivity contribution in [1.82, 2.24) is 29.5 Å². The predicted octanol–water partition coefficient (Wildman–Crippen LogP) is 0.297. The number of carbonyl (C=O) groups excluding carboxylic acids is 1. The summed E-state index contributed by atoms with van der Waals surface area (Å²) in [6.07, 6.45) is 7.99. The van der Waals surface area contributed by atoms with Gasteiger partial charge in [0, 0.05) is 32.7 Å². The van der Waals surface area contributed by atoms with Crippen molar-refractivity contribution in [2.75, 3.05) is 46.3 Å². The SMILES string of the molecule is CN1CCCCC1C(=O)N1CCCN(CCn2cnnc2)CC1. The topological polar surface area (TPSA) is 57.5 Å². The first-order chi connectivity index (χ1) is 11.2. The zero-order valence-electron chi connectivity index (χ0n) is 14.1. The Balaban J connectivity index is 1.48. The summed E-state index contributed by atoms with van der Waals surface area (Å²) in [6.45, 7) is 6.72. The van der Waals surface area contributed by atoms with Crippen LogP contribution >= 0.6 is 0 Å². The highest BCUT2D eigenvalue weighted by atomic mass is 16.2. The second-order valence-corrected chi connectivity index (χ2v) is 6.71. The number of carbonyl (C=O) groups is 1. The number of amides is 1. The number of likely N-dealkylation sites (tertiary alicyclic amines) is 1. The first-order valence-corrected chi connectivity index (χ1v) is 8.78. The Hall–Kier alpha value is -1.47. The lowest BCUT2D eigenvalue weighted by Crippen LogP contribution is -2.50. The Bertz CT molecular complexity index is 491. The van der Waals surface area contributed by atoms with Gasteiger partial charge in [0.05, 0.1) is 6.04 Å². The van der Waals surface area contributed by atoms with Crippen LogP contribution in [0, 0.1) is 0 Å². The molecule has 1 amide bonds. The summed E-state index contributed by atoms with van der Waals surface area (Å²) < 4.78 is 2.00. The van der Waals surface area contributed by atoms with Crippen molar-refractivity contribution in [3.05, 3.63) is 12.7 Å². The molecule has 1 atom stereocenters. The van der Waals surface area contributed by atoms with E-state index in [1.54, 1.807) is 12.7 Å². The third-order valence-corrected chi connectivity index (χ3v) is 5.10. The molecular formula is C16H28N6O. The normalized spacial score (nSPS) is 24.6. The second kappa shape index (κ2) is 7.88. The maximum absolute atomic E-state index is 12.8. The van der Waals surface area contributed by atoms with Gasteiger partial charge < -0.3 is 9.47 Å². The average Bonchev–Trinajstić information content (AvgIpc) is 2.97. The van der Waals surface area contributed by atoms with E-state index in [-0.39, 0.29) is 6.04 Å². The van der Waals surface area contributed by atoms with E-state index in [0.29, 0.717) is 5.91 Å². The molecule has 1 unspecified atom stereocenters. The molecule has 3 heterocycles. The molecule has 0 aromatic carbocycles. The van der Waals surface area contributed by atoms with Gasteiger partial charge in [0.2, 0.25) is 5.91 Å². The Morgan fingerprint density at radius 1 is 1.00 bits per heavy atom. The van der Waals surface area contributed by atoms with Crippen LogP contribution in [0.5, 0.6) is 0 Å². The van der Waals surface area contributed by atoms with Crippen molar-refractivity contribution in [2.45, 2.75) is 38.3 Å². The van der Waals surface area contributed by atoms with E-state index in [2.05, 4.69) is 31.9 Å². The van der Waals surface area contributed by atoms with Crippen LogP contribution in [0.1, 0.15) is 25.7 Å². The van der Waals surface area contributed by atoms with Crippen molar-refractivity contribution in [1.29, 1.82) is 0 Å². The fraction of sp³-hybridized carbons (Fsp3) is 0.812. The molecule has 3 rings (SSSR count). The van der Waals surface area contributed by atoms with Gasteiger partial charge in [-0.1, -0.05) is 6.42 Å². The quantitative estimate of drug-likeness (QED) is 0.798. The monoisotopic (exact) mass is 320 g/mol. The molecule has 1 aromatic rings. The highest BCUT2D eigenvalue weighted by Crippen LogP contribution is 2.18. The van der Waals surface area contributed by atoms with E-state index >= 15 is 0 Å². The fourth-order valence-electron chi connectivity index (χ4n) is 3.61. The summed E-state index contributed by atoms with van der Waals surface area (Å²) in [6, 6.07) is 0.104. The number of piperidine rings is 1. The smallest absolute Gasteiger partial charge is 0.239 e. The van der Waals surface area contributed by atoms with Crippen molar-refractivity contribution < 1.29 is 4.79 Å². The molecule has 23 heavy (non-hydrogen) atoms. The molecule has 0 aliphatic carbocycles. The Morgan fingerprint density at radius 3 is 2.61 bits per heavy atom. The minimum absolute atomic E-state index is 0.104. The fourth-order valence-corrected chi connectivity index (χ4v) is 3.61. The molecule has 0 spiro atoms. The lowest BCUT2D eigenvalue weighted by Gasteiger charge is -2.35. The molecule has 7 heteroatoms. The van der Waals surface area contributed by atoms with Gasteiger partial charge in [-0.25, -0.2) is 0 Å². The summed E-state index contributed by atoms with van der Waals surface area (Å²) in [5.74, 6) is 0.341. The molecule has 2 saturated heterocycles. The van der Waals surface area contributed by atoms with Gasteiger partial charge in [-0.15, -0.1) is 10.2 Å². The molecule has 128 valence electrons. The molecule has 0 radical (unpaired) electrons. The average molecular weight is 320 g/mol. The Labute approximate surface area is 138 Å². The standard InChI is InChI=1S/C16H28N6O/c1-19-6-3-2-5-15(19)16(23)22-8-4-7-20(11-12-22)9-10-21-13-17-18-14-21/h13-15H,2-12H2,1H3. The van der Waals surface area contributed by atoms with Crippen LogP contribution in [0.25, 0.3) is 0 Å². The molecule has 0 saturated carbocycles. The number of likely N-dealkylation sites (N-methyl/N-ethyl adjacent to an activating group) is 1. The van der Waals surface area contributed by atoms with Crippen LogP contribution in [0.3, 0.4) is 0 Å². The zero-order valence-corrected chi connectivity index (χ0v) is 14.1. The third kappa shape index (κ3) is 4.29. The lowest BCUT2D eigenvalue weighted by molar-refractivity contribution is -0.137.